The van der Waals surface area contributed by atoms with E-state index in [0.29, 0.717) is 5.41 Å². The highest BCUT2D eigenvalue weighted by Crippen LogP contribution is 2.61. The second-order valence-electron chi connectivity index (χ2n) is 9.00. The maximum absolute atomic E-state index is 4.08. The minimum atomic E-state index is 0.682. The Balaban J connectivity index is 1.43. The Labute approximate surface area is 125 Å². The molecule has 1 unspecified atom stereocenters. The van der Waals surface area contributed by atoms with Crippen LogP contribution in [-0.2, 0) is 0 Å². The van der Waals surface area contributed by atoms with Crippen molar-refractivity contribution in [1.29, 1.82) is 0 Å². The zero-order valence-electron chi connectivity index (χ0n) is 13.5. The highest BCUT2D eigenvalue weighted by Gasteiger charge is 2.53. The van der Waals surface area contributed by atoms with E-state index in [-0.39, 0.29) is 0 Å². The Morgan fingerprint density at radius 2 is 1.35 bits per heavy atom. The first-order chi connectivity index (χ1) is 9.64. The predicted molar refractivity (Wildman–Crippen MR) is 84.6 cm³/mol. The van der Waals surface area contributed by atoms with Crippen LogP contribution in [0.2, 0.25) is 0 Å². The molecule has 5 aliphatic carbocycles. The van der Waals surface area contributed by atoms with E-state index in [1.165, 1.54) is 25.7 Å². The summed E-state index contributed by atoms with van der Waals surface area (Å²) in [5.41, 5.74) is 0.682. The molecule has 1 nitrogen and oxygen atoms in total. The Morgan fingerprint density at radius 1 is 0.850 bits per heavy atom. The molecule has 0 aromatic rings. The van der Waals surface area contributed by atoms with Crippen molar-refractivity contribution in [3.05, 3.63) is 0 Å². The van der Waals surface area contributed by atoms with Crippen LogP contribution in [0.4, 0.5) is 0 Å². The lowest BCUT2D eigenvalue weighted by atomic mass is 9.48. The van der Waals surface area contributed by atoms with E-state index in [1.54, 1.807) is 38.5 Å². The van der Waals surface area contributed by atoms with Gasteiger partial charge in [0.25, 0.3) is 0 Å². The molecule has 0 aromatic heterocycles. The summed E-state index contributed by atoms with van der Waals surface area (Å²) >= 11 is 0. The lowest BCUT2D eigenvalue weighted by Crippen LogP contribution is -2.56. The van der Waals surface area contributed by atoms with E-state index in [9.17, 15) is 0 Å². The van der Waals surface area contributed by atoms with Crippen molar-refractivity contribution in [2.45, 2.75) is 90.1 Å². The quantitative estimate of drug-likeness (QED) is 0.780. The molecule has 0 heterocycles. The van der Waals surface area contributed by atoms with Crippen LogP contribution in [-0.4, -0.2) is 12.1 Å². The minimum absolute atomic E-state index is 0.682. The predicted octanol–water partition coefficient (Wildman–Crippen LogP) is 4.76. The fourth-order valence-electron chi connectivity index (χ4n) is 6.87. The molecule has 5 fully saturated rings. The van der Waals surface area contributed by atoms with Crippen molar-refractivity contribution in [2.24, 2.45) is 29.1 Å². The molecule has 0 aromatic carbocycles. The Bertz CT molecular complexity index is 319. The summed E-state index contributed by atoms with van der Waals surface area (Å²) in [6.07, 6.45) is 15.3. The molecule has 0 amide bonds. The summed E-state index contributed by atoms with van der Waals surface area (Å²) in [4.78, 5) is 0. The number of nitrogens with one attached hydrogen (secondary N) is 1. The van der Waals surface area contributed by atoms with Crippen LogP contribution in [0.15, 0.2) is 0 Å². The smallest absolute Gasteiger partial charge is 0.00980 e. The summed E-state index contributed by atoms with van der Waals surface area (Å²) in [6, 6.07) is 1.51. The van der Waals surface area contributed by atoms with Gasteiger partial charge in [-0.05, 0) is 94.3 Å². The van der Waals surface area contributed by atoms with E-state index < -0.39 is 0 Å². The molecule has 0 spiro atoms. The first-order valence-electron chi connectivity index (χ1n) is 9.41. The third kappa shape index (κ3) is 2.25. The van der Waals surface area contributed by atoms with Crippen LogP contribution in [0.3, 0.4) is 0 Å². The van der Waals surface area contributed by atoms with Gasteiger partial charge in [-0.3, -0.25) is 0 Å². The second-order valence-corrected chi connectivity index (χ2v) is 9.00. The SMILES string of the molecule is CC(N[C@@H](C)C1CCCC1)C12CC3CC(CC(C3)C1)C2. The van der Waals surface area contributed by atoms with E-state index in [4.69, 9.17) is 0 Å². The highest BCUT2D eigenvalue weighted by molar-refractivity contribution is 5.05. The van der Waals surface area contributed by atoms with Crippen molar-refractivity contribution in [3.63, 3.8) is 0 Å². The van der Waals surface area contributed by atoms with E-state index >= 15 is 0 Å². The first kappa shape index (κ1) is 13.6. The van der Waals surface area contributed by atoms with Crippen LogP contribution >= 0.6 is 0 Å². The molecule has 0 aliphatic heterocycles. The van der Waals surface area contributed by atoms with Crippen molar-refractivity contribution >= 4 is 0 Å². The van der Waals surface area contributed by atoms with Crippen molar-refractivity contribution in [2.75, 3.05) is 0 Å². The average molecular weight is 275 g/mol. The third-order valence-electron chi connectivity index (χ3n) is 7.62. The van der Waals surface area contributed by atoms with Crippen LogP contribution in [0, 0.1) is 29.1 Å². The standard InChI is InChI=1S/C19H33N/c1-13(18-5-3-4-6-18)20-14(2)19-10-15-7-16(11-19)9-17(8-15)12-19/h13-18,20H,3-12H2,1-2H3/t13-,14?,15?,16?,17?,19?/m0/s1. The Morgan fingerprint density at radius 3 is 1.85 bits per heavy atom. The van der Waals surface area contributed by atoms with Crippen LogP contribution in [0.25, 0.3) is 0 Å². The van der Waals surface area contributed by atoms with E-state index in [2.05, 4.69) is 19.2 Å². The fraction of sp³-hybridized carbons (Fsp3) is 1.00. The van der Waals surface area contributed by atoms with Gasteiger partial charge in [-0.2, -0.15) is 0 Å². The number of hydrogen-bond acceptors (Lipinski definition) is 1. The zero-order chi connectivity index (χ0) is 13.7. The van der Waals surface area contributed by atoms with Gasteiger partial charge >= 0.3 is 0 Å². The van der Waals surface area contributed by atoms with E-state index in [1.807, 2.05) is 0 Å². The van der Waals surface area contributed by atoms with Crippen molar-refractivity contribution in [1.82, 2.24) is 5.32 Å². The topological polar surface area (TPSA) is 12.0 Å². The van der Waals surface area contributed by atoms with Gasteiger partial charge < -0.3 is 5.32 Å². The third-order valence-corrected chi connectivity index (χ3v) is 7.62. The van der Waals surface area contributed by atoms with Crippen LogP contribution < -0.4 is 5.32 Å². The summed E-state index contributed by atoms with van der Waals surface area (Å²) in [7, 11) is 0. The molecule has 5 aliphatic rings. The summed E-state index contributed by atoms with van der Waals surface area (Å²) in [5.74, 6) is 4.23. The molecular weight excluding hydrogens is 242 g/mol. The summed E-state index contributed by atoms with van der Waals surface area (Å²) < 4.78 is 0. The summed E-state index contributed by atoms with van der Waals surface area (Å²) in [5, 5.41) is 4.08. The largest absolute Gasteiger partial charge is 0.311 e. The van der Waals surface area contributed by atoms with Gasteiger partial charge in [-0.25, -0.2) is 0 Å². The maximum atomic E-state index is 4.08. The van der Waals surface area contributed by atoms with Crippen molar-refractivity contribution in [3.8, 4) is 0 Å². The highest BCUT2D eigenvalue weighted by atomic mass is 15.0. The minimum Gasteiger partial charge on any atom is -0.311 e. The van der Waals surface area contributed by atoms with Crippen LogP contribution in [0.5, 0.6) is 0 Å². The Kier molecular flexibility index (Phi) is 3.41. The second kappa shape index (κ2) is 5.00. The monoisotopic (exact) mass is 275 g/mol. The number of rotatable bonds is 4. The van der Waals surface area contributed by atoms with Gasteiger partial charge in [0.15, 0.2) is 0 Å². The summed E-state index contributed by atoms with van der Waals surface area (Å²) in [6.45, 7) is 4.99. The Hall–Kier alpha value is -0.0400. The maximum Gasteiger partial charge on any atom is 0.00980 e. The fourth-order valence-corrected chi connectivity index (χ4v) is 6.87. The van der Waals surface area contributed by atoms with Gasteiger partial charge in [-0.1, -0.05) is 12.8 Å². The van der Waals surface area contributed by atoms with Gasteiger partial charge in [0.05, 0.1) is 0 Å². The molecule has 5 saturated carbocycles. The molecular formula is C19H33N. The molecule has 20 heavy (non-hydrogen) atoms. The molecule has 114 valence electrons. The molecule has 0 radical (unpaired) electrons. The zero-order valence-corrected chi connectivity index (χ0v) is 13.5. The molecule has 1 N–H and O–H groups in total. The van der Waals surface area contributed by atoms with Gasteiger partial charge in [0, 0.05) is 12.1 Å². The molecule has 0 saturated heterocycles. The lowest BCUT2D eigenvalue weighted by molar-refractivity contribution is -0.0727. The average Bonchev–Trinajstić information content (AvgIpc) is 2.90. The first-order valence-corrected chi connectivity index (χ1v) is 9.41. The van der Waals surface area contributed by atoms with Gasteiger partial charge in [0.1, 0.15) is 0 Å². The molecule has 5 rings (SSSR count). The van der Waals surface area contributed by atoms with Gasteiger partial charge in [-0.15, -0.1) is 0 Å². The van der Waals surface area contributed by atoms with E-state index in [0.717, 1.165) is 35.8 Å². The normalized spacial score (nSPS) is 46.8. The molecule has 2 atom stereocenters. The van der Waals surface area contributed by atoms with Gasteiger partial charge in [0.2, 0.25) is 0 Å². The lowest BCUT2D eigenvalue weighted by Gasteiger charge is -2.59. The molecule has 1 heteroatoms. The van der Waals surface area contributed by atoms with Crippen molar-refractivity contribution < 1.29 is 0 Å². The number of hydrogen-bond donors (Lipinski definition) is 1. The van der Waals surface area contributed by atoms with Crippen LogP contribution in [0.1, 0.15) is 78.1 Å². The molecule has 4 bridgehead atoms.